The highest BCUT2D eigenvalue weighted by Crippen LogP contribution is 2.24. The van der Waals surface area contributed by atoms with Crippen molar-refractivity contribution in [3.8, 4) is 0 Å². The molecule has 0 radical (unpaired) electrons. The van der Waals surface area contributed by atoms with Gasteiger partial charge in [0.15, 0.2) is 0 Å². The molecule has 4 nitrogen and oxygen atoms in total. The fourth-order valence-corrected chi connectivity index (χ4v) is 2.11. The van der Waals surface area contributed by atoms with E-state index < -0.39 is 0 Å². The molecule has 1 aromatic heterocycles. The summed E-state index contributed by atoms with van der Waals surface area (Å²) in [6, 6.07) is 5.29. The van der Waals surface area contributed by atoms with Gasteiger partial charge in [0.25, 0.3) is 5.91 Å². The minimum atomic E-state index is -0.347. The molecule has 0 aliphatic heterocycles. The van der Waals surface area contributed by atoms with Gasteiger partial charge in [0, 0.05) is 10.7 Å². The van der Waals surface area contributed by atoms with Crippen LogP contribution in [0.2, 0.25) is 9.49 Å². The molecule has 0 spiro atoms. The quantitative estimate of drug-likeness (QED) is 0.921. The van der Waals surface area contributed by atoms with Crippen LogP contribution in [0, 0.1) is 6.92 Å². The first-order valence-electron chi connectivity index (χ1n) is 4.63. The number of hydrogen-bond acceptors (Lipinski definition) is 4. The zero-order valence-corrected chi connectivity index (χ0v) is 11.0. The van der Waals surface area contributed by atoms with E-state index in [1.165, 1.54) is 0 Å². The third kappa shape index (κ3) is 2.74. The zero-order valence-electron chi connectivity index (χ0n) is 8.70. The van der Waals surface area contributed by atoms with E-state index >= 15 is 0 Å². The molecule has 0 saturated carbocycles. The lowest BCUT2D eigenvalue weighted by Crippen LogP contribution is -2.12. The predicted molar refractivity (Wildman–Crippen MR) is 69.1 cm³/mol. The Labute approximate surface area is 112 Å². The molecule has 0 fully saturated rings. The molecule has 0 aliphatic rings. The Morgan fingerprint density at radius 2 is 2.12 bits per heavy atom. The molecule has 88 valence electrons. The van der Waals surface area contributed by atoms with Crippen LogP contribution in [0.3, 0.4) is 0 Å². The number of rotatable bonds is 2. The van der Waals surface area contributed by atoms with Gasteiger partial charge in [-0.3, -0.25) is 4.79 Å². The highest BCUT2D eigenvalue weighted by molar-refractivity contribution is 7.17. The van der Waals surface area contributed by atoms with Crippen LogP contribution in [0.25, 0.3) is 0 Å². The standard InChI is InChI=1S/C10H7Cl2N3OS/c1-5-6(11)3-2-4-7(5)13-8(16)9-14-15-10(12)17-9/h2-4H,1H3,(H,13,16). The van der Waals surface area contributed by atoms with E-state index in [9.17, 15) is 4.79 Å². The van der Waals surface area contributed by atoms with Gasteiger partial charge >= 0.3 is 0 Å². The summed E-state index contributed by atoms with van der Waals surface area (Å²) < 4.78 is 0.234. The predicted octanol–water partition coefficient (Wildman–Crippen LogP) is 3.41. The van der Waals surface area contributed by atoms with Crippen LogP contribution in [0.15, 0.2) is 18.2 Å². The maximum Gasteiger partial charge on any atom is 0.286 e. The van der Waals surface area contributed by atoms with E-state index in [1.54, 1.807) is 18.2 Å². The molecular formula is C10H7Cl2N3OS. The lowest BCUT2D eigenvalue weighted by molar-refractivity contribution is 0.102. The number of benzene rings is 1. The fraction of sp³-hybridized carbons (Fsp3) is 0.100. The first kappa shape index (κ1) is 12.3. The summed E-state index contributed by atoms with van der Waals surface area (Å²) in [5, 5.41) is 10.7. The third-order valence-electron chi connectivity index (χ3n) is 2.11. The van der Waals surface area contributed by atoms with Gasteiger partial charge in [-0.2, -0.15) is 0 Å². The molecule has 1 aromatic carbocycles. The molecule has 1 N–H and O–H groups in total. The van der Waals surface area contributed by atoms with Gasteiger partial charge in [0.2, 0.25) is 9.47 Å². The van der Waals surface area contributed by atoms with Gasteiger partial charge in [-0.25, -0.2) is 0 Å². The monoisotopic (exact) mass is 287 g/mol. The first-order valence-corrected chi connectivity index (χ1v) is 6.20. The number of anilines is 1. The Morgan fingerprint density at radius 1 is 1.35 bits per heavy atom. The summed E-state index contributed by atoms with van der Waals surface area (Å²) >= 11 is 12.6. The van der Waals surface area contributed by atoms with Crippen LogP contribution in [-0.4, -0.2) is 16.1 Å². The number of carbonyl (C=O) groups excluding carboxylic acids is 1. The SMILES string of the molecule is Cc1c(Cl)cccc1NC(=O)c1nnc(Cl)s1. The van der Waals surface area contributed by atoms with Crippen LogP contribution in [0.5, 0.6) is 0 Å². The number of halogens is 2. The lowest BCUT2D eigenvalue weighted by Gasteiger charge is -2.07. The van der Waals surface area contributed by atoms with Gasteiger partial charge in [0.05, 0.1) is 0 Å². The molecule has 17 heavy (non-hydrogen) atoms. The summed E-state index contributed by atoms with van der Waals surface area (Å²) in [5.74, 6) is -0.347. The van der Waals surface area contributed by atoms with Crippen molar-refractivity contribution in [2.45, 2.75) is 6.92 Å². The molecule has 0 atom stereocenters. The smallest absolute Gasteiger partial charge is 0.286 e. The van der Waals surface area contributed by atoms with Gasteiger partial charge in [-0.15, -0.1) is 10.2 Å². The summed E-state index contributed by atoms with van der Waals surface area (Å²) in [5.41, 5.74) is 1.45. The molecule has 0 aliphatic carbocycles. The largest absolute Gasteiger partial charge is 0.320 e. The summed E-state index contributed by atoms with van der Waals surface area (Å²) in [6.45, 7) is 1.82. The van der Waals surface area contributed by atoms with E-state index in [4.69, 9.17) is 23.2 Å². The second-order valence-electron chi connectivity index (χ2n) is 3.23. The molecule has 1 heterocycles. The lowest BCUT2D eigenvalue weighted by atomic mass is 10.2. The average Bonchev–Trinajstić information content (AvgIpc) is 2.72. The summed E-state index contributed by atoms with van der Waals surface area (Å²) in [4.78, 5) is 11.8. The van der Waals surface area contributed by atoms with E-state index in [0.717, 1.165) is 16.9 Å². The fourth-order valence-electron chi connectivity index (χ4n) is 1.22. The van der Waals surface area contributed by atoms with Crippen LogP contribution in [0.1, 0.15) is 15.4 Å². The second-order valence-corrected chi connectivity index (χ2v) is 5.19. The minimum Gasteiger partial charge on any atom is -0.320 e. The first-order chi connectivity index (χ1) is 8.08. The van der Waals surface area contributed by atoms with Crippen molar-refractivity contribution in [3.63, 3.8) is 0 Å². The highest BCUT2D eigenvalue weighted by atomic mass is 35.5. The Morgan fingerprint density at radius 3 is 2.76 bits per heavy atom. The van der Waals surface area contributed by atoms with Crippen LogP contribution >= 0.6 is 34.5 Å². The molecule has 0 unspecified atom stereocenters. The summed E-state index contributed by atoms with van der Waals surface area (Å²) in [6.07, 6.45) is 0. The van der Waals surface area contributed by atoms with Crippen molar-refractivity contribution in [2.75, 3.05) is 5.32 Å². The van der Waals surface area contributed by atoms with Crippen LogP contribution in [0.4, 0.5) is 5.69 Å². The zero-order chi connectivity index (χ0) is 12.4. The Hall–Kier alpha value is -1.17. The third-order valence-corrected chi connectivity index (χ3v) is 3.54. The van der Waals surface area contributed by atoms with E-state index in [2.05, 4.69) is 15.5 Å². The Bertz CT molecular complexity index is 570. The van der Waals surface area contributed by atoms with Crippen molar-refractivity contribution < 1.29 is 4.79 Å². The van der Waals surface area contributed by atoms with Gasteiger partial charge in [-0.1, -0.05) is 29.0 Å². The molecule has 1 amide bonds. The summed E-state index contributed by atoms with van der Waals surface area (Å²) in [7, 11) is 0. The number of nitrogens with one attached hydrogen (secondary N) is 1. The Balaban J connectivity index is 2.21. The molecular weight excluding hydrogens is 281 g/mol. The van der Waals surface area contributed by atoms with Gasteiger partial charge in [-0.05, 0) is 36.2 Å². The van der Waals surface area contributed by atoms with Gasteiger partial charge in [0.1, 0.15) is 0 Å². The maximum absolute atomic E-state index is 11.8. The number of hydrogen-bond donors (Lipinski definition) is 1. The number of amides is 1. The number of carbonyl (C=O) groups is 1. The van der Waals surface area contributed by atoms with E-state index in [-0.39, 0.29) is 15.4 Å². The molecule has 7 heteroatoms. The van der Waals surface area contributed by atoms with Crippen molar-refractivity contribution in [1.82, 2.24) is 10.2 Å². The highest BCUT2D eigenvalue weighted by Gasteiger charge is 2.13. The van der Waals surface area contributed by atoms with Crippen molar-refractivity contribution in [1.29, 1.82) is 0 Å². The number of nitrogens with zero attached hydrogens (tertiary/aromatic N) is 2. The van der Waals surface area contributed by atoms with Crippen molar-refractivity contribution in [3.05, 3.63) is 38.3 Å². The van der Waals surface area contributed by atoms with Crippen LogP contribution < -0.4 is 5.32 Å². The Kier molecular flexibility index (Phi) is 3.61. The maximum atomic E-state index is 11.8. The van der Waals surface area contributed by atoms with E-state index in [1.807, 2.05) is 6.92 Å². The normalized spacial score (nSPS) is 10.3. The van der Waals surface area contributed by atoms with Crippen molar-refractivity contribution >= 4 is 46.1 Å². The second kappa shape index (κ2) is 5.00. The van der Waals surface area contributed by atoms with Crippen molar-refractivity contribution in [2.24, 2.45) is 0 Å². The molecule has 0 bridgehead atoms. The van der Waals surface area contributed by atoms with E-state index in [0.29, 0.717) is 10.7 Å². The van der Waals surface area contributed by atoms with Crippen LogP contribution in [-0.2, 0) is 0 Å². The molecule has 0 saturated heterocycles. The average molecular weight is 288 g/mol. The topological polar surface area (TPSA) is 54.9 Å². The molecule has 2 aromatic rings. The molecule has 2 rings (SSSR count). The van der Waals surface area contributed by atoms with Gasteiger partial charge < -0.3 is 5.32 Å². The minimum absolute atomic E-state index is 0.217. The number of aromatic nitrogens is 2.